The number of halogens is 2. The van der Waals surface area contributed by atoms with Crippen molar-refractivity contribution in [3.05, 3.63) is 50.2 Å². The molecule has 0 saturated carbocycles. The maximum atomic E-state index is 12.1. The second-order valence-electron chi connectivity index (χ2n) is 3.84. The molecular formula is C11H8Cl2N4O3. The van der Waals surface area contributed by atoms with Crippen LogP contribution in [0.2, 0.25) is 10.0 Å². The molecule has 0 radical (unpaired) electrons. The first kappa shape index (κ1) is 14.3. The lowest BCUT2D eigenvalue weighted by Gasteiger charge is -2.07. The van der Waals surface area contributed by atoms with Crippen LogP contribution in [0.15, 0.2) is 24.4 Å². The van der Waals surface area contributed by atoms with Gasteiger partial charge in [-0.3, -0.25) is 19.6 Å². The summed E-state index contributed by atoms with van der Waals surface area (Å²) in [6.07, 6.45) is 1.01. The number of hydrogen-bond donors (Lipinski definition) is 1. The Morgan fingerprint density at radius 2 is 2.15 bits per heavy atom. The molecule has 0 atom stereocenters. The Kier molecular flexibility index (Phi) is 3.91. The van der Waals surface area contributed by atoms with Crippen LogP contribution in [-0.4, -0.2) is 20.6 Å². The molecular weight excluding hydrogens is 307 g/mol. The van der Waals surface area contributed by atoms with E-state index in [1.807, 2.05) is 0 Å². The van der Waals surface area contributed by atoms with E-state index >= 15 is 0 Å². The molecule has 0 spiro atoms. The van der Waals surface area contributed by atoms with Crippen molar-refractivity contribution in [3.8, 4) is 0 Å². The molecule has 0 fully saturated rings. The van der Waals surface area contributed by atoms with E-state index in [1.54, 1.807) is 6.07 Å². The van der Waals surface area contributed by atoms with Gasteiger partial charge in [0, 0.05) is 12.1 Å². The number of amides is 1. The number of nitrogens with one attached hydrogen (secondary N) is 1. The van der Waals surface area contributed by atoms with Crippen LogP contribution < -0.4 is 5.32 Å². The van der Waals surface area contributed by atoms with Gasteiger partial charge in [0.1, 0.15) is 6.20 Å². The topological polar surface area (TPSA) is 90.1 Å². The molecule has 1 aromatic carbocycles. The van der Waals surface area contributed by atoms with E-state index in [-0.39, 0.29) is 16.4 Å². The maximum absolute atomic E-state index is 12.1. The quantitative estimate of drug-likeness (QED) is 0.696. The summed E-state index contributed by atoms with van der Waals surface area (Å²) in [5.41, 5.74) is -0.243. The number of rotatable bonds is 3. The average Bonchev–Trinajstić information content (AvgIpc) is 2.75. The summed E-state index contributed by atoms with van der Waals surface area (Å²) < 4.78 is 1.12. The number of nitrogens with zero attached hydrogens (tertiary/aromatic N) is 3. The van der Waals surface area contributed by atoms with E-state index in [4.69, 9.17) is 23.2 Å². The van der Waals surface area contributed by atoms with Gasteiger partial charge in [-0.2, -0.15) is 5.10 Å². The van der Waals surface area contributed by atoms with E-state index in [0.29, 0.717) is 10.7 Å². The van der Waals surface area contributed by atoms with Gasteiger partial charge in [0.15, 0.2) is 0 Å². The summed E-state index contributed by atoms with van der Waals surface area (Å²) in [4.78, 5) is 22.2. The summed E-state index contributed by atoms with van der Waals surface area (Å²) >= 11 is 11.7. The summed E-state index contributed by atoms with van der Waals surface area (Å²) in [6.45, 7) is 0. The van der Waals surface area contributed by atoms with Crippen LogP contribution in [-0.2, 0) is 7.05 Å². The molecule has 2 aromatic rings. The number of carbonyl (C=O) groups is 1. The van der Waals surface area contributed by atoms with Crippen molar-refractivity contribution >= 4 is 40.5 Å². The Morgan fingerprint density at radius 3 is 2.75 bits per heavy atom. The highest BCUT2D eigenvalue weighted by atomic mass is 35.5. The average molecular weight is 315 g/mol. The van der Waals surface area contributed by atoms with Crippen molar-refractivity contribution in [3.63, 3.8) is 0 Å². The Labute approximate surface area is 123 Å². The van der Waals surface area contributed by atoms with Crippen LogP contribution in [0.25, 0.3) is 0 Å². The molecule has 0 bridgehead atoms. The minimum atomic E-state index is -0.680. The van der Waals surface area contributed by atoms with Gasteiger partial charge in [-0.25, -0.2) is 0 Å². The number of aromatic nitrogens is 2. The number of hydrogen-bond acceptors (Lipinski definition) is 4. The number of carbonyl (C=O) groups excluding carboxylic acids is 1. The lowest BCUT2D eigenvalue weighted by atomic mass is 10.3. The lowest BCUT2D eigenvalue weighted by molar-refractivity contribution is -0.385. The molecule has 0 aliphatic rings. The lowest BCUT2D eigenvalue weighted by Crippen LogP contribution is -2.17. The summed E-state index contributed by atoms with van der Waals surface area (Å²) in [6, 6.07) is 4.50. The highest BCUT2D eigenvalue weighted by molar-refractivity contribution is 6.36. The molecule has 1 aromatic heterocycles. The van der Waals surface area contributed by atoms with Crippen LogP contribution in [0, 0.1) is 10.1 Å². The SMILES string of the molecule is Cn1ncc([N+](=O)[O-])c1C(=O)Nc1ccc(Cl)cc1Cl. The molecule has 2 rings (SSSR count). The third-order valence-electron chi connectivity index (χ3n) is 2.51. The third kappa shape index (κ3) is 2.73. The number of nitro groups is 1. The van der Waals surface area contributed by atoms with Crippen molar-refractivity contribution in [2.45, 2.75) is 0 Å². The van der Waals surface area contributed by atoms with Gasteiger partial charge in [0.25, 0.3) is 5.91 Å². The molecule has 20 heavy (non-hydrogen) atoms. The highest BCUT2D eigenvalue weighted by Crippen LogP contribution is 2.26. The van der Waals surface area contributed by atoms with Crippen molar-refractivity contribution < 1.29 is 9.72 Å². The van der Waals surface area contributed by atoms with Gasteiger partial charge in [0.05, 0.1) is 15.6 Å². The Bertz CT molecular complexity index is 699. The van der Waals surface area contributed by atoms with Crippen LogP contribution in [0.1, 0.15) is 10.5 Å². The Hall–Kier alpha value is -2.12. The molecule has 7 nitrogen and oxygen atoms in total. The smallest absolute Gasteiger partial charge is 0.319 e. The largest absolute Gasteiger partial charge is 0.320 e. The Balaban J connectivity index is 2.33. The first-order valence-electron chi connectivity index (χ1n) is 5.33. The van der Waals surface area contributed by atoms with Gasteiger partial charge in [-0.05, 0) is 18.2 Å². The number of benzene rings is 1. The number of anilines is 1. The molecule has 1 N–H and O–H groups in total. The fourth-order valence-corrected chi connectivity index (χ4v) is 2.05. The summed E-state index contributed by atoms with van der Waals surface area (Å²) in [7, 11) is 1.44. The van der Waals surface area contributed by atoms with Gasteiger partial charge < -0.3 is 5.32 Å². The summed E-state index contributed by atoms with van der Waals surface area (Å²) in [5.74, 6) is -0.680. The molecule has 9 heteroatoms. The molecule has 0 unspecified atom stereocenters. The van der Waals surface area contributed by atoms with Gasteiger partial charge in [-0.15, -0.1) is 0 Å². The predicted molar refractivity (Wildman–Crippen MR) is 74.3 cm³/mol. The molecule has 0 aliphatic carbocycles. The zero-order valence-corrected chi connectivity index (χ0v) is 11.6. The van der Waals surface area contributed by atoms with Crippen molar-refractivity contribution in [2.24, 2.45) is 7.05 Å². The van der Waals surface area contributed by atoms with Crippen molar-refractivity contribution in [2.75, 3.05) is 5.32 Å². The minimum Gasteiger partial charge on any atom is -0.319 e. The van der Waals surface area contributed by atoms with Crippen LogP contribution in [0.5, 0.6) is 0 Å². The molecule has 1 heterocycles. The zero-order chi connectivity index (χ0) is 14.9. The molecule has 0 aliphatic heterocycles. The molecule has 0 saturated heterocycles. The molecule has 1 amide bonds. The minimum absolute atomic E-state index is 0.166. The standard InChI is InChI=1S/C11H8Cl2N4O3/c1-16-10(9(5-14-16)17(19)20)11(18)15-8-3-2-6(12)4-7(8)13/h2-5H,1H3,(H,15,18). The number of aryl methyl sites for hydroxylation is 1. The Morgan fingerprint density at radius 1 is 1.45 bits per heavy atom. The second-order valence-corrected chi connectivity index (χ2v) is 4.68. The van der Waals surface area contributed by atoms with E-state index in [1.165, 1.54) is 19.2 Å². The zero-order valence-electron chi connectivity index (χ0n) is 10.1. The van der Waals surface area contributed by atoms with E-state index < -0.39 is 10.8 Å². The second kappa shape index (κ2) is 5.48. The predicted octanol–water partition coefficient (Wildman–Crippen LogP) is 2.89. The van der Waals surface area contributed by atoms with Crippen LogP contribution >= 0.6 is 23.2 Å². The van der Waals surface area contributed by atoms with Crippen molar-refractivity contribution in [1.29, 1.82) is 0 Å². The third-order valence-corrected chi connectivity index (χ3v) is 3.06. The fourth-order valence-electron chi connectivity index (χ4n) is 1.60. The first-order valence-corrected chi connectivity index (χ1v) is 6.08. The van der Waals surface area contributed by atoms with Crippen molar-refractivity contribution in [1.82, 2.24) is 9.78 Å². The van der Waals surface area contributed by atoms with E-state index in [9.17, 15) is 14.9 Å². The van der Waals surface area contributed by atoms with Crippen LogP contribution in [0.3, 0.4) is 0 Å². The first-order chi connectivity index (χ1) is 9.40. The van der Waals surface area contributed by atoms with Crippen LogP contribution in [0.4, 0.5) is 11.4 Å². The monoisotopic (exact) mass is 314 g/mol. The van der Waals surface area contributed by atoms with Gasteiger partial charge in [-0.1, -0.05) is 23.2 Å². The van der Waals surface area contributed by atoms with Gasteiger partial charge >= 0.3 is 5.69 Å². The van der Waals surface area contributed by atoms with E-state index in [2.05, 4.69) is 10.4 Å². The fraction of sp³-hybridized carbons (Fsp3) is 0.0909. The normalized spacial score (nSPS) is 10.3. The summed E-state index contributed by atoms with van der Waals surface area (Å²) in [5, 5.41) is 17.7. The highest BCUT2D eigenvalue weighted by Gasteiger charge is 2.25. The molecule has 104 valence electrons. The van der Waals surface area contributed by atoms with Gasteiger partial charge in [0.2, 0.25) is 5.69 Å². The van der Waals surface area contributed by atoms with E-state index in [0.717, 1.165) is 10.9 Å². The maximum Gasteiger partial charge on any atom is 0.320 e.